The van der Waals surface area contributed by atoms with Gasteiger partial charge in [0, 0.05) is 60.8 Å². The number of amides is 1. The van der Waals surface area contributed by atoms with Crippen LogP contribution >= 0.6 is 0 Å². The SMILES string of the molecule is Cc1cc(C)nc(Nc2cc([C@H]3CCCN(C(=O)/C=C/c4c(C)nn(C)c4C)C3)nc(C)n2)n1. The van der Waals surface area contributed by atoms with E-state index in [0.29, 0.717) is 24.1 Å². The molecule has 1 aliphatic heterocycles. The molecule has 3 aromatic rings. The van der Waals surface area contributed by atoms with Gasteiger partial charge in [0.15, 0.2) is 0 Å². The van der Waals surface area contributed by atoms with Crippen molar-refractivity contribution in [3.05, 3.63) is 58.1 Å². The van der Waals surface area contributed by atoms with E-state index in [1.165, 1.54) is 0 Å². The Kier molecular flexibility index (Phi) is 6.72. The van der Waals surface area contributed by atoms with Gasteiger partial charge < -0.3 is 10.2 Å². The molecule has 9 nitrogen and oxygen atoms in total. The summed E-state index contributed by atoms with van der Waals surface area (Å²) in [4.78, 5) is 33.0. The molecular formula is C25H32N8O. The third-order valence-electron chi connectivity index (χ3n) is 6.19. The molecule has 0 aliphatic carbocycles. The van der Waals surface area contributed by atoms with E-state index in [0.717, 1.165) is 53.4 Å². The third-order valence-corrected chi connectivity index (χ3v) is 6.19. The number of hydrogen-bond acceptors (Lipinski definition) is 7. The number of anilines is 2. The van der Waals surface area contributed by atoms with Gasteiger partial charge in [0.1, 0.15) is 11.6 Å². The molecule has 0 spiro atoms. The van der Waals surface area contributed by atoms with Crippen molar-refractivity contribution < 1.29 is 4.79 Å². The number of hydrogen-bond donors (Lipinski definition) is 1. The Morgan fingerprint density at radius 3 is 2.47 bits per heavy atom. The summed E-state index contributed by atoms with van der Waals surface area (Å²) < 4.78 is 1.84. The van der Waals surface area contributed by atoms with Crippen molar-refractivity contribution in [1.82, 2.24) is 34.6 Å². The van der Waals surface area contributed by atoms with E-state index in [2.05, 4.69) is 30.4 Å². The number of carbonyl (C=O) groups excluding carboxylic acids is 1. The molecule has 0 radical (unpaired) electrons. The second-order valence-electron chi connectivity index (χ2n) is 8.99. The highest BCUT2D eigenvalue weighted by Crippen LogP contribution is 2.28. The maximum Gasteiger partial charge on any atom is 0.246 e. The fourth-order valence-corrected chi connectivity index (χ4v) is 4.47. The van der Waals surface area contributed by atoms with E-state index >= 15 is 0 Å². The molecule has 1 aliphatic rings. The lowest BCUT2D eigenvalue weighted by molar-refractivity contribution is -0.127. The van der Waals surface area contributed by atoms with Gasteiger partial charge in [-0.3, -0.25) is 9.48 Å². The second kappa shape index (κ2) is 9.70. The van der Waals surface area contributed by atoms with Crippen molar-refractivity contribution in [3.8, 4) is 0 Å². The quantitative estimate of drug-likeness (QED) is 0.579. The van der Waals surface area contributed by atoms with Crippen molar-refractivity contribution in [1.29, 1.82) is 0 Å². The summed E-state index contributed by atoms with van der Waals surface area (Å²) in [5.74, 6) is 2.03. The summed E-state index contributed by atoms with van der Waals surface area (Å²) in [5, 5.41) is 7.64. The van der Waals surface area contributed by atoms with Gasteiger partial charge in [-0.25, -0.2) is 19.9 Å². The predicted molar refractivity (Wildman–Crippen MR) is 132 cm³/mol. The zero-order valence-electron chi connectivity index (χ0n) is 20.8. The molecular weight excluding hydrogens is 428 g/mol. The van der Waals surface area contributed by atoms with Crippen LogP contribution in [0.25, 0.3) is 6.08 Å². The molecule has 1 fully saturated rings. The first-order chi connectivity index (χ1) is 16.2. The number of nitrogens with one attached hydrogen (secondary N) is 1. The summed E-state index contributed by atoms with van der Waals surface area (Å²) in [6, 6.07) is 3.88. The number of nitrogens with zero attached hydrogens (tertiary/aromatic N) is 7. The molecule has 1 atom stereocenters. The highest BCUT2D eigenvalue weighted by atomic mass is 16.2. The third kappa shape index (κ3) is 5.30. The molecule has 0 aromatic carbocycles. The van der Waals surface area contributed by atoms with Gasteiger partial charge in [-0.15, -0.1) is 0 Å². The van der Waals surface area contributed by atoms with E-state index in [1.54, 1.807) is 6.08 Å². The second-order valence-corrected chi connectivity index (χ2v) is 8.99. The number of aryl methyl sites for hydroxylation is 5. The lowest BCUT2D eigenvalue weighted by Crippen LogP contribution is -2.38. The van der Waals surface area contributed by atoms with E-state index in [1.807, 2.05) is 69.5 Å². The molecule has 4 rings (SSSR count). The van der Waals surface area contributed by atoms with Crippen LogP contribution in [0.4, 0.5) is 11.8 Å². The number of rotatable bonds is 5. The van der Waals surface area contributed by atoms with Crippen LogP contribution in [0.5, 0.6) is 0 Å². The molecule has 0 unspecified atom stereocenters. The molecule has 1 amide bonds. The van der Waals surface area contributed by atoms with Crippen LogP contribution in [-0.2, 0) is 11.8 Å². The molecule has 1 saturated heterocycles. The van der Waals surface area contributed by atoms with E-state index in [4.69, 9.17) is 0 Å². The Hall–Kier alpha value is -3.62. The first kappa shape index (κ1) is 23.5. The van der Waals surface area contributed by atoms with E-state index in [9.17, 15) is 4.79 Å². The van der Waals surface area contributed by atoms with E-state index < -0.39 is 0 Å². The maximum absolute atomic E-state index is 13.0. The van der Waals surface area contributed by atoms with Crippen LogP contribution < -0.4 is 5.32 Å². The minimum atomic E-state index is 0.0140. The molecule has 1 N–H and O–H groups in total. The largest absolute Gasteiger partial charge is 0.338 e. The predicted octanol–water partition coefficient (Wildman–Crippen LogP) is 3.71. The lowest BCUT2D eigenvalue weighted by Gasteiger charge is -2.32. The first-order valence-electron chi connectivity index (χ1n) is 11.6. The molecule has 4 heterocycles. The number of piperidine rings is 1. The van der Waals surface area contributed by atoms with Crippen LogP contribution in [0.15, 0.2) is 18.2 Å². The smallest absolute Gasteiger partial charge is 0.246 e. The number of carbonyl (C=O) groups is 1. The summed E-state index contributed by atoms with van der Waals surface area (Å²) >= 11 is 0. The number of likely N-dealkylation sites (tertiary alicyclic amines) is 1. The minimum absolute atomic E-state index is 0.0140. The molecule has 34 heavy (non-hydrogen) atoms. The van der Waals surface area contributed by atoms with Gasteiger partial charge in [-0.1, -0.05) is 0 Å². The van der Waals surface area contributed by atoms with Crippen molar-refractivity contribution >= 4 is 23.7 Å². The molecule has 9 heteroatoms. The van der Waals surface area contributed by atoms with Crippen molar-refractivity contribution in [2.24, 2.45) is 7.05 Å². The molecule has 0 bridgehead atoms. The van der Waals surface area contributed by atoms with Gasteiger partial charge in [0.25, 0.3) is 0 Å². The van der Waals surface area contributed by atoms with Crippen molar-refractivity contribution in [2.45, 2.75) is 53.4 Å². The summed E-state index contributed by atoms with van der Waals surface area (Å²) in [7, 11) is 1.91. The Balaban J connectivity index is 1.49. The minimum Gasteiger partial charge on any atom is -0.338 e. The standard InChI is InChI=1S/C25H32N8O/c1-15-12-16(2)27-25(26-15)30-23-13-22(28-19(5)29-23)20-8-7-11-33(14-20)24(34)10-9-21-17(3)31-32(6)18(21)4/h9-10,12-13,20H,7-8,11,14H2,1-6H3,(H,26,27,28,29,30)/b10-9+/t20-/m0/s1. The zero-order valence-corrected chi connectivity index (χ0v) is 20.8. The lowest BCUT2D eigenvalue weighted by atomic mass is 9.94. The normalized spacial score (nSPS) is 16.3. The monoisotopic (exact) mass is 460 g/mol. The van der Waals surface area contributed by atoms with Crippen LogP contribution in [0.3, 0.4) is 0 Å². The van der Waals surface area contributed by atoms with Crippen molar-refractivity contribution in [2.75, 3.05) is 18.4 Å². The average molecular weight is 461 g/mol. The van der Waals surface area contributed by atoms with Crippen LogP contribution in [0.1, 0.15) is 58.6 Å². The molecule has 3 aromatic heterocycles. The fraction of sp³-hybridized carbons (Fsp3) is 0.440. The maximum atomic E-state index is 13.0. The summed E-state index contributed by atoms with van der Waals surface area (Å²) in [6.07, 6.45) is 5.45. The van der Waals surface area contributed by atoms with Crippen LogP contribution in [-0.4, -0.2) is 53.6 Å². The Labute approximate surface area is 200 Å². The highest BCUT2D eigenvalue weighted by molar-refractivity contribution is 5.92. The van der Waals surface area contributed by atoms with Gasteiger partial charge in [-0.2, -0.15) is 5.10 Å². The molecule has 0 saturated carbocycles. The highest BCUT2D eigenvalue weighted by Gasteiger charge is 2.25. The Bertz CT molecular complexity index is 1230. The number of aromatic nitrogens is 6. The zero-order chi connectivity index (χ0) is 24.4. The average Bonchev–Trinajstić information content (AvgIpc) is 3.02. The summed E-state index contributed by atoms with van der Waals surface area (Å²) in [6.45, 7) is 11.1. The van der Waals surface area contributed by atoms with Gasteiger partial charge in [-0.05, 0) is 59.6 Å². The topological polar surface area (TPSA) is 102 Å². The first-order valence-corrected chi connectivity index (χ1v) is 11.6. The fourth-order valence-electron chi connectivity index (χ4n) is 4.47. The van der Waals surface area contributed by atoms with Crippen LogP contribution in [0.2, 0.25) is 0 Å². The van der Waals surface area contributed by atoms with E-state index in [-0.39, 0.29) is 11.8 Å². The molecule has 178 valence electrons. The summed E-state index contributed by atoms with van der Waals surface area (Å²) in [5.41, 5.74) is 5.69. The van der Waals surface area contributed by atoms with Gasteiger partial charge in [0.2, 0.25) is 11.9 Å². The van der Waals surface area contributed by atoms with Crippen LogP contribution in [0, 0.1) is 34.6 Å². The Morgan fingerprint density at radius 2 is 1.79 bits per heavy atom. The van der Waals surface area contributed by atoms with Crippen molar-refractivity contribution in [3.63, 3.8) is 0 Å². The van der Waals surface area contributed by atoms with Gasteiger partial charge in [0.05, 0.1) is 11.4 Å². The Morgan fingerprint density at radius 1 is 1.06 bits per heavy atom. The van der Waals surface area contributed by atoms with Gasteiger partial charge >= 0.3 is 0 Å².